The van der Waals surface area contributed by atoms with Crippen LogP contribution in [-0.2, 0) is 17.8 Å². The van der Waals surface area contributed by atoms with Crippen LogP contribution in [0.5, 0.6) is 0 Å². The summed E-state index contributed by atoms with van der Waals surface area (Å²) in [4.78, 5) is 36.1. The Hall–Kier alpha value is -3.48. The highest BCUT2D eigenvalue weighted by atomic mass is 16.2. The summed E-state index contributed by atoms with van der Waals surface area (Å²) < 4.78 is 1.23. The maximum absolute atomic E-state index is 12.2. The molecule has 3 rings (SSSR count). The van der Waals surface area contributed by atoms with E-state index in [1.165, 1.54) is 16.8 Å². The van der Waals surface area contributed by atoms with Gasteiger partial charge in [-0.05, 0) is 28.8 Å². The molecule has 0 atom stereocenters. The van der Waals surface area contributed by atoms with Gasteiger partial charge in [0.05, 0.1) is 6.42 Å². The number of aromatic nitrogens is 2. The van der Waals surface area contributed by atoms with E-state index in [0.29, 0.717) is 6.54 Å². The number of amides is 2. The Morgan fingerprint density at radius 3 is 2.59 bits per heavy atom. The molecule has 0 aliphatic carbocycles. The van der Waals surface area contributed by atoms with Gasteiger partial charge in [-0.3, -0.25) is 25.2 Å². The molecule has 2 aromatic carbocycles. The summed E-state index contributed by atoms with van der Waals surface area (Å²) in [6.07, 6.45) is 0.851. The van der Waals surface area contributed by atoms with Crippen LogP contribution in [0, 0.1) is 0 Å². The van der Waals surface area contributed by atoms with Gasteiger partial charge < -0.3 is 0 Å². The highest BCUT2D eigenvalue weighted by Gasteiger charge is 2.12. The largest absolute Gasteiger partial charge is 0.290 e. The van der Waals surface area contributed by atoms with E-state index in [0.717, 1.165) is 22.8 Å². The first-order valence-electron chi connectivity index (χ1n) is 8.72. The van der Waals surface area contributed by atoms with Gasteiger partial charge in [-0.2, -0.15) is 5.10 Å². The number of hydrazine groups is 1. The molecule has 0 saturated carbocycles. The maximum atomic E-state index is 12.2. The average molecular weight is 364 g/mol. The average Bonchev–Trinajstić information content (AvgIpc) is 2.68. The molecular formula is C20H20N4O3. The van der Waals surface area contributed by atoms with Crippen LogP contribution in [0.3, 0.4) is 0 Å². The van der Waals surface area contributed by atoms with Crippen LogP contribution in [0.1, 0.15) is 29.4 Å². The molecule has 3 aromatic rings. The molecule has 0 spiro atoms. The number of hydrogen-bond acceptors (Lipinski definition) is 4. The summed E-state index contributed by atoms with van der Waals surface area (Å²) >= 11 is 0. The van der Waals surface area contributed by atoms with Crippen molar-refractivity contribution in [3.8, 4) is 0 Å². The minimum atomic E-state index is -0.578. The van der Waals surface area contributed by atoms with E-state index >= 15 is 0 Å². The summed E-state index contributed by atoms with van der Waals surface area (Å²) in [5.41, 5.74) is 5.40. The fraction of sp³-hybridized carbons (Fsp3) is 0.200. The number of nitrogens with zero attached hydrogens (tertiary/aromatic N) is 2. The number of hydrogen-bond donors (Lipinski definition) is 2. The predicted octanol–water partition coefficient (Wildman–Crippen LogP) is 1.81. The fourth-order valence-electron chi connectivity index (χ4n) is 2.80. The molecule has 0 fully saturated rings. The third-order valence-corrected chi connectivity index (χ3v) is 4.08. The normalized spacial score (nSPS) is 10.6. The molecular weight excluding hydrogens is 344 g/mol. The van der Waals surface area contributed by atoms with Gasteiger partial charge in [0.15, 0.2) is 5.69 Å². The van der Waals surface area contributed by atoms with Crippen LogP contribution in [-0.4, -0.2) is 21.6 Å². The molecule has 0 aliphatic rings. The van der Waals surface area contributed by atoms with Crippen molar-refractivity contribution in [1.82, 2.24) is 20.6 Å². The van der Waals surface area contributed by atoms with Crippen LogP contribution in [0.25, 0.3) is 10.8 Å². The van der Waals surface area contributed by atoms with Gasteiger partial charge in [-0.25, -0.2) is 4.68 Å². The van der Waals surface area contributed by atoms with E-state index in [4.69, 9.17) is 0 Å². The molecule has 0 unspecified atom stereocenters. The van der Waals surface area contributed by atoms with Crippen molar-refractivity contribution in [2.24, 2.45) is 0 Å². The number of fused-ring (bicyclic) bond motifs is 1. The van der Waals surface area contributed by atoms with Gasteiger partial charge in [0.25, 0.3) is 11.5 Å². The van der Waals surface area contributed by atoms with Crippen LogP contribution < -0.4 is 16.4 Å². The predicted molar refractivity (Wildman–Crippen MR) is 102 cm³/mol. The number of carbonyl (C=O) groups is 2. The van der Waals surface area contributed by atoms with E-state index in [2.05, 4.69) is 16.0 Å². The third-order valence-electron chi connectivity index (χ3n) is 4.08. The van der Waals surface area contributed by atoms with Gasteiger partial charge in [-0.1, -0.05) is 49.4 Å². The number of aryl methyl sites for hydroxylation is 1. The van der Waals surface area contributed by atoms with Crippen molar-refractivity contribution in [3.63, 3.8) is 0 Å². The molecule has 7 heteroatoms. The van der Waals surface area contributed by atoms with E-state index < -0.39 is 5.91 Å². The Morgan fingerprint density at radius 2 is 1.78 bits per heavy atom. The molecule has 0 aliphatic heterocycles. The van der Waals surface area contributed by atoms with E-state index in [-0.39, 0.29) is 23.6 Å². The number of nitrogens with one attached hydrogen (secondary N) is 2. The lowest BCUT2D eigenvalue weighted by Gasteiger charge is -2.10. The van der Waals surface area contributed by atoms with Crippen molar-refractivity contribution in [1.29, 1.82) is 0 Å². The third kappa shape index (κ3) is 4.38. The molecule has 138 valence electrons. The van der Waals surface area contributed by atoms with E-state index in [1.807, 2.05) is 49.4 Å². The molecule has 0 bridgehead atoms. The molecule has 27 heavy (non-hydrogen) atoms. The summed E-state index contributed by atoms with van der Waals surface area (Å²) in [5, 5.41) is 6.05. The zero-order valence-electron chi connectivity index (χ0n) is 14.9. The molecule has 7 nitrogen and oxygen atoms in total. The quantitative estimate of drug-likeness (QED) is 0.675. The highest BCUT2D eigenvalue weighted by Crippen LogP contribution is 2.18. The highest BCUT2D eigenvalue weighted by molar-refractivity contribution is 5.94. The lowest BCUT2D eigenvalue weighted by atomic mass is 10.0. The smallest absolute Gasteiger partial charge is 0.273 e. The van der Waals surface area contributed by atoms with Gasteiger partial charge in [0, 0.05) is 12.6 Å². The zero-order chi connectivity index (χ0) is 19.2. The summed E-state index contributed by atoms with van der Waals surface area (Å²) in [6, 6.07) is 16.2. The minimum absolute atomic E-state index is 0.0634. The van der Waals surface area contributed by atoms with Gasteiger partial charge >= 0.3 is 0 Å². The summed E-state index contributed by atoms with van der Waals surface area (Å²) in [6.45, 7) is 2.34. The first-order chi connectivity index (χ1) is 13.1. The number of rotatable bonds is 5. The SMILES string of the molecule is CCCn1nc(C(=O)NNC(=O)Cc2cccc3ccccc23)ccc1=O. The van der Waals surface area contributed by atoms with Crippen molar-refractivity contribution in [3.05, 3.63) is 76.2 Å². The molecule has 0 saturated heterocycles. The van der Waals surface area contributed by atoms with Crippen LogP contribution in [0.4, 0.5) is 0 Å². The first kappa shape index (κ1) is 18.3. The number of carbonyl (C=O) groups excluding carboxylic acids is 2. The Morgan fingerprint density at radius 1 is 1.00 bits per heavy atom. The Bertz CT molecular complexity index is 1040. The standard InChI is InChI=1S/C20H20N4O3/c1-2-12-24-19(26)11-10-17(23-24)20(27)22-21-18(25)13-15-8-5-7-14-6-3-4-9-16(14)15/h3-11H,2,12-13H2,1H3,(H,21,25)(H,22,27). The molecule has 2 N–H and O–H groups in total. The molecule has 0 radical (unpaired) electrons. The van der Waals surface area contributed by atoms with Crippen molar-refractivity contribution < 1.29 is 9.59 Å². The number of benzene rings is 2. The Labute approximate surface area is 156 Å². The second kappa shape index (κ2) is 8.27. The second-order valence-electron chi connectivity index (χ2n) is 6.10. The van der Waals surface area contributed by atoms with Crippen LogP contribution in [0.2, 0.25) is 0 Å². The first-order valence-corrected chi connectivity index (χ1v) is 8.72. The Kier molecular flexibility index (Phi) is 5.61. The zero-order valence-corrected chi connectivity index (χ0v) is 14.9. The van der Waals surface area contributed by atoms with E-state index in [9.17, 15) is 14.4 Å². The maximum Gasteiger partial charge on any atom is 0.290 e. The van der Waals surface area contributed by atoms with Crippen molar-refractivity contribution >= 4 is 22.6 Å². The summed E-state index contributed by atoms with van der Waals surface area (Å²) in [5.74, 6) is -0.923. The van der Waals surface area contributed by atoms with Crippen molar-refractivity contribution in [2.45, 2.75) is 26.3 Å². The topological polar surface area (TPSA) is 93.1 Å². The van der Waals surface area contributed by atoms with Gasteiger partial charge in [0.2, 0.25) is 5.91 Å². The van der Waals surface area contributed by atoms with Crippen molar-refractivity contribution in [2.75, 3.05) is 0 Å². The van der Waals surface area contributed by atoms with Crippen LogP contribution in [0.15, 0.2) is 59.4 Å². The monoisotopic (exact) mass is 364 g/mol. The molecule has 1 heterocycles. The summed E-state index contributed by atoms with van der Waals surface area (Å²) in [7, 11) is 0. The fourth-order valence-corrected chi connectivity index (χ4v) is 2.80. The Balaban J connectivity index is 1.64. The van der Waals surface area contributed by atoms with Gasteiger partial charge in [-0.15, -0.1) is 0 Å². The lowest BCUT2D eigenvalue weighted by Crippen LogP contribution is -2.43. The van der Waals surface area contributed by atoms with Gasteiger partial charge in [0.1, 0.15) is 0 Å². The second-order valence-corrected chi connectivity index (χ2v) is 6.10. The van der Waals surface area contributed by atoms with E-state index in [1.54, 1.807) is 0 Å². The lowest BCUT2D eigenvalue weighted by molar-refractivity contribution is -0.121. The molecule has 1 aromatic heterocycles. The van der Waals surface area contributed by atoms with Crippen LogP contribution >= 0.6 is 0 Å². The molecule has 2 amide bonds. The minimum Gasteiger partial charge on any atom is -0.273 e.